The number of benzene rings is 7. The fourth-order valence-corrected chi connectivity index (χ4v) is 7.55. The fraction of sp³-hybridized carbons (Fsp3) is 0.0392. The van der Waals surface area contributed by atoms with E-state index in [1.165, 1.54) is 22.3 Å². The second kappa shape index (κ2) is 14.0. The van der Waals surface area contributed by atoms with E-state index in [0.717, 1.165) is 67.6 Å². The first-order valence-corrected chi connectivity index (χ1v) is 18.7. The number of hydrogen-bond acceptors (Lipinski definition) is 4. The summed E-state index contributed by atoms with van der Waals surface area (Å²) in [5.41, 5.74) is 12.8. The number of allylic oxidation sites excluding steroid dienone is 4. The molecule has 1 aliphatic rings. The van der Waals surface area contributed by atoms with Crippen LogP contribution < -0.4 is 0 Å². The van der Waals surface area contributed by atoms with Crippen molar-refractivity contribution in [3.8, 4) is 67.3 Å². The summed E-state index contributed by atoms with van der Waals surface area (Å²) in [4.78, 5) is 15.4. The molecule has 0 saturated carbocycles. The minimum atomic E-state index is 0.0593. The quantitative estimate of drug-likeness (QED) is 0.166. The maximum absolute atomic E-state index is 6.53. The van der Waals surface area contributed by atoms with Crippen molar-refractivity contribution >= 4 is 21.9 Å². The van der Waals surface area contributed by atoms with Crippen LogP contribution in [0.1, 0.15) is 18.2 Å². The Morgan fingerprint density at radius 3 is 1.53 bits per heavy atom. The predicted octanol–water partition coefficient (Wildman–Crippen LogP) is 13.4. The highest BCUT2D eigenvalue weighted by atomic mass is 16.3. The molecule has 10 rings (SSSR count). The molecule has 0 spiro atoms. The van der Waals surface area contributed by atoms with Gasteiger partial charge < -0.3 is 4.42 Å². The lowest BCUT2D eigenvalue weighted by atomic mass is 9.98. The van der Waals surface area contributed by atoms with Crippen LogP contribution in [0, 0.1) is 0 Å². The lowest BCUT2D eigenvalue weighted by Gasteiger charge is -2.15. The lowest BCUT2D eigenvalue weighted by Crippen LogP contribution is -2.08. The van der Waals surface area contributed by atoms with Gasteiger partial charge in [-0.3, -0.25) is 0 Å². The second-order valence-electron chi connectivity index (χ2n) is 14.0. The molecule has 2 aromatic heterocycles. The zero-order valence-electron chi connectivity index (χ0n) is 30.0. The maximum Gasteiger partial charge on any atom is 0.164 e. The molecule has 0 aliphatic heterocycles. The van der Waals surface area contributed by atoms with Crippen LogP contribution in [-0.2, 0) is 0 Å². The van der Waals surface area contributed by atoms with Crippen molar-refractivity contribution < 1.29 is 4.42 Å². The summed E-state index contributed by atoms with van der Waals surface area (Å²) >= 11 is 0. The molecule has 9 aromatic rings. The average molecular weight is 706 g/mol. The molecule has 4 nitrogen and oxygen atoms in total. The minimum Gasteiger partial charge on any atom is -0.456 e. The summed E-state index contributed by atoms with van der Waals surface area (Å²) in [5.74, 6) is 2.11. The molecule has 0 N–H and O–H groups in total. The zero-order chi connectivity index (χ0) is 36.6. The Bertz CT molecular complexity index is 2850. The number of furan rings is 1. The summed E-state index contributed by atoms with van der Waals surface area (Å²) in [5, 5.41) is 2.03. The minimum absolute atomic E-state index is 0.0593. The molecule has 2 heterocycles. The summed E-state index contributed by atoms with van der Waals surface area (Å²) in [6, 6.07) is 59.5. The molecule has 55 heavy (non-hydrogen) atoms. The van der Waals surface area contributed by atoms with Crippen LogP contribution in [-0.4, -0.2) is 15.0 Å². The van der Waals surface area contributed by atoms with Crippen LogP contribution in [0.4, 0.5) is 0 Å². The smallest absolute Gasteiger partial charge is 0.164 e. The third-order valence-corrected chi connectivity index (χ3v) is 10.5. The Hall–Kier alpha value is -7.17. The van der Waals surface area contributed by atoms with Gasteiger partial charge in [0.1, 0.15) is 17.0 Å². The highest BCUT2D eigenvalue weighted by Gasteiger charge is 2.20. The van der Waals surface area contributed by atoms with Gasteiger partial charge in [0, 0.05) is 27.8 Å². The molecule has 1 unspecified atom stereocenters. The first-order chi connectivity index (χ1) is 27.2. The molecule has 1 aliphatic carbocycles. The third kappa shape index (κ3) is 6.34. The molecule has 0 bridgehead atoms. The Labute approximate surface area is 319 Å². The van der Waals surface area contributed by atoms with E-state index in [4.69, 9.17) is 19.4 Å². The molecule has 7 aromatic carbocycles. The number of rotatable bonds is 7. The summed E-state index contributed by atoms with van der Waals surface area (Å²) < 4.78 is 6.53. The van der Waals surface area contributed by atoms with Crippen LogP contribution in [0.3, 0.4) is 0 Å². The van der Waals surface area contributed by atoms with Gasteiger partial charge in [0.25, 0.3) is 0 Å². The van der Waals surface area contributed by atoms with E-state index in [2.05, 4.69) is 170 Å². The molecule has 1 atom stereocenters. The van der Waals surface area contributed by atoms with Gasteiger partial charge in [0.05, 0.1) is 0 Å². The maximum atomic E-state index is 6.53. The number of fused-ring (bicyclic) bond motifs is 3. The van der Waals surface area contributed by atoms with E-state index in [0.29, 0.717) is 11.6 Å². The van der Waals surface area contributed by atoms with Gasteiger partial charge in [-0.1, -0.05) is 176 Å². The molecule has 0 fully saturated rings. The van der Waals surface area contributed by atoms with Crippen LogP contribution in [0.2, 0.25) is 0 Å². The SMILES string of the molecule is C1=CCC(c2nc(-c3ccc(-c4ccc(-c5ccccc5)cc4)cc3)nc(-c3cccc4oc5cc(-c6ccc(-c7ccccc7)cc6)ccc5c34)n2)C=C1. The van der Waals surface area contributed by atoms with Gasteiger partial charge >= 0.3 is 0 Å². The van der Waals surface area contributed by atoms with Gasteiger partial charge in [-0.15, -0.1) is 0 Å². The highest BCUT2D eigenvalue weighted by Crippen LogP contribution is 2.39. The predicted molar refractivity (Wildman–Crippen MR) is 225 cm³/mol. The van der Waals surface area contributed by atoms with Crippen molar-refractivity contribution in [2.75, 3.05) is 0 Å². The van der Waals surface area contributed by atoms with E-state index in [1.54, 1.807) is 0 Å². The van der Waals surface area contributed by atoms with E-state index in [9.17, 15) is 0 Å². The van der Waals surface area contributed by atoms with E-state index in [1.807, 2.05) is 24.3 Å². The fourth-order valence-electron chi connectivity index (χ4n) is 7.55. The second-order valence-corrected chi connectivity index (χ2v) is 14.0. The Morgan fingerprint density at radius 1 is 0.418 bits per heavy atom. The van der Waals surface area contributed by atoms with Crippen molar-refractivity contribution in [1.29, 1.82) is 0 Å². The van der Waals surface area contributed by atoms with Crippen molar-refractivity contribution in [2.24, 2.45) is 0 Å². The normalized spacial score (nSPS) is 13.8. The highest BCUT2D eigenvalue weighted by molar-refractivity contribution is 6.12. The standard InChI is InChI=1S/C51H35N3O/c1-4-11-34(12-5-1)36-19-21-38(22-20-36)39-27-29-42(30-28-39)50-52-49(41-15-8-3-9-16-41)53-51(54-50)45-17-10-18-46-48(45)44-32-31-43(33-47(44)55-46)40-25-23-37(24-26-40)35-13-6-2-7-14-35/h1-15,17-33,41H,16H2. The van der Waals surface area contributed by atoms with Gasteiger partial charge in [-0.25, -0.2) is 15.0 Å². The average Bonchev–Trinajstić information content (AvgIpc) is 3.66. The molecular formula is C51H35N3O. The van der Waals surface area contributed by atoms with E-state index >= 15 is 0 Å². The number of aromatic nitrogens is 3. The first-order valence-electron chi connectivity index (χ1n) is 18.7. The van der Waals surface area contributed by atoms with Crippen molar-refractivity contribution in [3.05, 3.63) is 200 Å². The zero-order valence-corrected chi connectivity index (χ0v) is 30.0. The molecule has 4 heteroatoms. The van der Waals surface area contributed by atoms with Crippen LogP contribution in [0.15, 0.2) is 199 Å². The molecule has 0 saturated heterocycles. The van der Waals surface area contributed by atoms with Crippen molar-refractivity contribution in [2.45, 2.75) is 12.3 Å². The summed E-state index contributed by atoms with van der Waals surface area (Å²) in [6.07, 6.45) is 9.34. The van der Waals surface area contributed by atoms with Gasteiger partial charge in [-0.2, -0.15) is 0 Å². The Kier molecular flexibility index (Phi) is 8.27. The largest absolute Gasteiger partial charge is 0.456 e. The van der Waals surface area contributed by atoms with Gasteiger partial charge in [-0.05, 0) is 69.1 Å². The van der Waals surface area contributed by atoms with E-state index < -0.39 is 0 Å². The van der Waals surface area contributed by atoms with Crippen molar-refractivity contribution in [3.63, 3.8) is 0 Å². The number of hydrogen-bond donors (Lipinski definition) is 0. The van der Waals surface area contributed by atoms with Crippen LogP contribution in [0.5, 0.6) is 0 Å². The topological polar surface area (TPSA) is 51.8 Å². The monoisotopic (exact) mass is 705 g/mol. The molecule has 260 valence electrons. The lowest BCUT2D eigenvalue weighted by molar-refractivity contribution is 0.669. The molecule has 0 amide bonds. The molecule has 0 radical (unpaired) electrons. The first kappa shape index (κ1) is 32.5. The van der Waals surface area contributed by atoms with E-state index in [-0.39, 0.29) is 5.92 Å². The number of nitrogens with zero attached hydrogens (tertiary/aromatic N) is 3. The van der Waals surface area contributed by atoms with Crippen LogP contribution in [0.25, 0.3) is 89.2 Å². The van der Waals surface area contributed by atoms with Crippen LogP contribution >= 0.6 is 0 Å². The van der Waals surface area contributed by atoms with Gasteiger partial charge in [0.2, 0.25) is 0 Å². The Balaban J connectivity index is 1.01. The Morgan fingerprint density at radius 2 is 0.945 bits per heavy atom. The summed E-state index contributed by atoms with van der Waals surface area (Å²) in [6.45, 7) is 0. The summed E-state index contributed by atoms with van der Waals surface area (Å²) in [7, 11) is 0. The van der Waals surface area contributed by atoms with Gasteiger partial charge in [0.15, 0.2) is 11.6 Å². The third-order valence-electron chi connectivity index (χ3n) is 10.5. The van der Waals surface area contributed by atoms with Crippen molar-refractivity contribution in [1.82, 2.24) is 15.0 Å². The molecular weight excluding hydrogens is 671 g/mol.